The largest absolute Gasteiger partial charge is 0.311 e. The first-order valence-electron chi connectivity index (χ1n) is 7.03. The molecule has 1 aliphatic rings. The van der Waals surface area contributed by atoms with Gasteiger partial charge in [0.05, 0.1) is 4.92 Å². The van der Waals surface area contributed by atoms with E-state index in [0.717, 1.165) is 18.7 Å². The first-order valence-corrected chi connectivity index (χ1v) is 7.40. The Morgan fingerprint density at radius 3 is 2.75 bits per heavy atom. The molecule has 1 aliphatic heterocycles. The second kappa shape index (κ2) is 7.57. The number of hydrogen-bond donors (Lipinski definition) is 1. The molecule has 0 spiro atoms. The van der Waals surface area contributed by atoms with Crippen LogP contribution >= 0.6 is 11.6 Å². The fourth-order valence-corrected chi connectivity index (χ4v) is 2.65. The zero-order valence-electron chi connectivity index (χ0n) is 11.5. The van der Waals surface area contributed by atoms with Crippen LogP contribution in [0.5, 0.6) is 0 Å². The molecule has 0 radical (unpaired) electrons. The molecule has 1 aromatic rings. The van der Waals surface area contributed by atoms with E-state index in [-0.39, 0.29) is 10.7 Å². The number of rotatable bonds is 6. The van der Waals surface area contributed by atoms with Gasteiger partial charge in [-0.2, -0.15) is 0 Å². The highest BCUT2D eigenvalue weighted by atomic mass is 35.5. The Labute approximate surface area is 124 Å². The number of nitrogens with one attached hydrogen (secondary N) is 1. The maximum absolute atomic E-state index is 10.8. The van der Waals surface area contributed by atoms with Crippen LogP contribution in [-0.2, 0) is 6.54 Å². The molecule has 1 saturated heterocycles. The molecule has 5 nitrogen and oxygen atoms in total. The summed E-state index contributed by atoms with van der Waals surface area (Å²) in [5.74, 6) is 0. The summed E-state index contributed by atoms with van der Waals surface area (Å²) in [7, 11) is 0. The summed E-state index contributed by atoms with van der Waals surface area (Å²) in [6.07, 6.45) is 3.94. The average Bonchev–Trinajstić information content (AvgIpc) is 2.46. The minimum absolute atomic E-state index is 0.0259. The van der Waals surface area contributed by atoms with Crippen LogP contribution in [0.25, 0.3) is 0 Å². The molecule has 0 amide bonds. The predicted molar refractivity (Wildman–Crippen MR) is 80.1 cm³/mol. The van der Waals surface area contributed by atoms with Crippen molar-refractivity contribution < 1.29 is 4.92 Å². The van der Waals surface area contributed by atoms with E-state index in [9.17, 15) is 10.1 Å². The third kappa shape index (κ3) is 4.44. The van der Waals surface area contributed by atoms with Crippen molar-refractivity contribution in [3.8, 4) is 0 Å². The van der Waals surface area contributed by atoms with Crippen molar-refractivity contribution in [3.05, 3.63) is 38.9 Å². The molecule has 20 heavy (non-hydrogen) atoms. The van der Waals surface area contributed by atoms with E-state index < -0.39 is 4.92 Å². The summed E-state index contributed by atoms with van der Waals surface area (Å²) in [6, 6.07) is 4.95. The molecule has 110 valence electrons. The minimum Gasteiger partial charge on any atom is -0.311 e. The highest BCUT2D eigenvalue weighted by Crippen LogP contribution is 2.24. The van der Waals surface area contributed by atoms with Gasteiger partial charge < -0.3 is 10.2 Å². The molecule has 6 heteroatoms. The number of nitro benzene ring substituents is 1. The van der Waals surface area contributed by atoms with Crippen LogP contribution in [0, 0.1) is 10.1 Å². The highest BCUT2D eigenvalue weighted by Gasteiger charge is 2.12. The summed E-state index contributed by atoms with van der Waals surface area (Å²) in [5.41, 5.74) is 0.863. The Bertz CT molecular complexity index is 462. The summed E-state index contributed by atoms with van der Waals surface area (Å²) < 4.78 is 0. The van der Waals surface area contributed by atoms with Gasteiger partial charge in [-0.05, 0) is 37.6 Å². The van der Waals surface area contributed by atoms with Crippen molar-refractivity contribution in [2.75, 3.05) is 26.2 Å². The van der Waals surface area contributed by atoms with Gasteiger partial charge in [0.2, 0.25) is 0 Å². The first kappa shape index (κ1) is 15.2. The molecule has 1 N–H and O–H groups in total. The van der Waals surface area contributed by atoms with Crippen LogP contribution in [0.2, 0.25) is 5.02 Å². The smallest absolute Gasteiger partial charge is 0.288 e. The standard InChI is InChI=1S/C14H20ClN3O2/c15-13-5-4-12(10-14(13)18(19)20)11-16-6-9-17-7-2-1-3-8-17/h4-5,10,16H,1-3,6-9,11H2. The summed E-state index contributed by atoms with van der Waals surface area (Å²) >= 11 is 5.79. The lowest BCUT2D eigenvalue weighted by Crippen LogP contribution is -2.35. The van der Waals surface area contributed by atoms with Gasteiger partial charge in [0.1, 0.15) is 5.02 Å². The van der Waals surface area contributed by atoms with Gasteiger partial charge in [0.25, 0.3) is 5.69 Å². The van der Waals surface area contributed by atoms with Gasteiger partial charge in [0.15, 0.2) is 0 Å². The summed E-state index contributed by atoms with van der Waals surface area (Å²) in [5, 5.41) is 14.3. The quantitative estimate of drug-likeness (QED) is 0.498. The van der Waals surface area contributed by atoms with E-state index in [2.05, 4.69) is 10.2 Å². The lowest BCUT2D eigenvalue weighted by molar-refractivity contribution is -0.384. The highest BCUT2D eigenvalue weighted by molar-refractivity contribution is 6.32. The monoisotopic (exact) mass is 297 g/mol. The van der Waals surface area contributed by atoms with Gasteiger partial charge >= 0.3 is 0 Å². The van der Waals surface area contributed by atoms with E-state index in [0.29, 0.717) is 6.54 Å². The molecule has 1 aromatic carbocycles. The van der Waals surface area contributed by atoms with E-state index in [1.807, 2.05) is 6.07 Å². The predicted octanol–water partition coefficient (Wildman–Crippen LogP) is 2.82. The fraction of sp³-hybridized carbons (Fsp3) is 0.571. The van der Waals surface area contributed by atoms with Crippen molar-refractivity contribution in [1.29, 1.82) is 0 Å². The summed E-state index contributed by atoms with van der Waals surface area (Å²) in [4.78, 5) is 12.8. The molecule has 0 bridgehead atoms. The van der Waals surface area contributed by atoms with E-state index in [1.165, 1.54) is 38.4 Å². The van der Waals surface area contributed by atoms with Crippen molar-refractivity contribution in [2.24, 2.45) is 0 Å². The van der Waals surface area contributed by atoms with Crippen LogP contribution in [0.1, 0.15) is 24.8 Å². The molecule has 1 fully saturated rings. The number of hydrogen-bond acceptors (Lipinski definition) is 4. The third-order valence-electron chi connectivity index (χ3n) is 3.59. The van der Waals surface area contributed by atoms with E-state index in [1.54, 1.807) is 6.07 Å². The van der Waals surface area contributed by atoms with Gasteiger partial charge in [0, 0.05) is 25.7 Å². The SMILES string of the molecule is O=[N+]([O-])c1cc(CNCCN2CCCCC2)ccc1Cl. The molecule has 0 saturated carbocycles. The maximum Gasteiger partial charge on any atom is 0.288 e. The minimum atomic E-state index is -0.445. The van der Waals surface area contributed by atoms with Crippen LogP contribution in [0.3, 0.4) is 0 Å². The van der Waals surface area contributed by atoms with Crippen LogP contribution in [0.15, 0.2) is 18.2 Å². The van der Waals surface area contributed by atoms with Gasteiger partial charge in [-0.1, -0.05) is 24.1 Å². The van der Waals surface area contributed by atoms with Crippen molar-refractivity contribution in [2.45, 2.75) is 25.8 Å². The number of nitrogens with zero attached hydrogens (tertiary/aromatic N) is 2. The van der Waals surface area contributed by atoms with Gasteiger partial charge in [-0.3, -0.25) is 10.1 Å². The Morgan fingerprint density at radius 1 is 1.30 bits per heavy atom. The molecule has 0 atom stereocenters. The lowest BCUT2D eigenvalue weighted by atomic mass is 10.1. The second-order valence-corrected chi connectivity index (χ2v) is 5.53. The second-order valence-electron chi connectivity index (χ2n) is 5.12. The number of benzene rings is 1. The van der Waals surface area contributed by atoms with Crippen molar-refractivity contribution in [3.63, 3.8) is 0 Å². The van der Waals surface area contributed by atoms with Crippen LogP contribution < -0.4 is 5.32 Å². The molecule has 0 unspecified atom stereocenters. The summed E-state index contributed by atoms with van der Waals surface area (Å²) in [6.45, 7) is 4.94. The zero-order chi connectivity index (χ0) is 14.4. The zero-order valence-corrected chi connectivity index (χ0v) is 12.2. The molecule has 1 heterocycles. The van der Waals surface area contributed by atoms with Gasteiger partial charge in [-0.25, -0.2) is 0 Å². The Balaban J connectivity index is 1.76. The molecule has 0 aliphatic carbocycles. The molecular formula is C14H20ClN3O2. The van der Waals surface area contributed by atoms with Gasteiger partial charge in [-0.15, -0.1) is 0 Å². The first-order chi connectivity index (χ1) is 9.66. The third-order valence-corrected chi connectivity index (χ3v) is 3.91. The number of piperidine rings is 1. The lowest BCUT2D eigenvalue weighted by Gasteiger charge is -2.26. The average molecular weight is 298 g/mol. The van der Waals surface area contributed by atoms with Crippen LogP contribution in [0.4, 0.5) is 5.69 Å². The van der Waals surface area contributed by atoms with Crippen molar-refractivity contribution >= 4 is 17.3 Å². The van der Waals surface area contributed by atoms with E-state index in [4.69, 9.17) is 11.6 Å². The van der Waals surface area contributed by atoms with Crippen LogP contribution in [-0.4, -0.2) is 36.0 Å². The Hall–Kier alpha value is -1.17. The number of likely N-dealkylation sites (tertiary alicyclic amines) is 1. The Morgan fingerprint density at radius 2 is 2.05 bits per heavy atom. The Kier molecular flexibility index (Phi) is 5.76. The molecule has 0 aromatic heterocycles. The number of nitro groups is 1. The topological polar surface area (TPSA) is 58.4 Å². The molecule has 2 rings (SSSR count). The fourth-order valence-electron chi connectivity index (χ4n) is 2.46. The molecular weight excluding hydrogens is 278 g/mol. The normalized spacial score (nSPS) is 16.2. The van der Waals surface area contributed by atoms with E-state index >= 15 is 0 Å². The maximum atomic E-state index is 10.8. The number of halogens is 1. The van der Waals surface area contributed by atoms with Crippen molar-refractivity contribution in [1.82, 2.24) is 10.2 Å².